The number of rotatable bonds is 5. The number of halogens is 1. The lowest BCUT2D eigenvalue weighted by molar-refractivity contribution is -0.134. The molecule has 0 saturated carbocycles. The Labute approximate surface area is 132 Å². The summed E-state index contributed by atoms with van der Waals surface area (Å²) in [5.41, 5.74) is 0. The lowest BCUT2D eigenvalue weighted by atomic mass is 10.2. The molecule has 1 aliphatic rings. The van der Waals surface area contributed by atoms with E-state index in [2.05, 4.69) is 12.2 Å². The van der Waals surface area contributed by atoms with Gasteiger partial charge in [-0.15, -0.1) is 12.4 Å². The van der Waals surface area contributed by atoms with E-state index in [0.29, 0.717) is 13.0 Å². The van der Waals surface area contributed by atoms with Gasteiger partial charge in [0, 0.05) is 25.7 Å². The van der Waals surface area contributed by atoms with Crippen molar-refractivity contribution >= 4 is 18.3 Å². The topological polar surface area (TPSA) is 50.8 Å². The molecule has 1 aliphatic heterocycles. The molecule has 0 bridgehead atoms. The van der Waals surface area contributed by atoms with Gasteiger partial charge in [0.1, 0.15) is 11.5 Å². The first-order valence-electron chi connectivity index (χ1n) is 6.97. The monoisotopic (exact) mass is 314 g/mol. The van der Waals surface area contributed by atoms with Crippen molar-refractivity contribution in [3.63, 3.8) is 0 Å². The van der Waals surface area contributed by atoms with Gasteiger partial charge in [-0.2, -0.15) is 0 Å². The van der Waals surface area contributed by atoms with Gasteiger partial charge in [-0.3, -0.25) is 4.79 Å². The highest BCUT2D eigenvalue weighted by molar-refractivity contribution is 5.85. The number of piperazine rings is 1. The normalized spacial score (nSPS) is 17.8. The molecule has 1 heterocycles. The van der Waals surface area contributed by atoms with Crippen LogP contribution in [0.25, 0.3) is 0 Å². The summed E-state index contributed by atoms with van der Waals surface area (Å²) in [6.07, 6.45) is 0.413. The third kappa shape index (κ3) is 5.10. The Morgan fingerprint density at radius 3 is 2.62 bits per heavy atom. The number of nitrogens with zero attached hydrogens (tertiary/aromatic N) is 1. The minimum Gasteiger partial charge on any atom is -0.497 e. The summed E-state index contributed by atoms with van der Waals surface area (Å²) in [7, 11) is 1.63. The number of benzene rings is 1. The van der Waals surface area contributed by atoms with Gasteiger partial charge in [0.25, 0.3) is 0 Å². The summed E-state index contributed by atoms with van der Waals surface area (Å²) in [5.74, 6) is 1.71. The zero-order chi connectivity index (χ0) is 14.4. The van der Waals surface area contributed by atoms with Gasteiger partial charge in [-0.25, -0.2) is 0 Å². The van der Waals surface area contributed by atoms with Gasteiger partial charge < -0.3 is 19.7 Å². The first-order chi connectivity index (χ1) is 9.70. The zero-order valence-electron chi connectivity index (χ0n) is 12.5. The van der Waals surface area contributed by atoms with Crippen LogP contribution in [0.1, 0.15) is 13.3 Å². The second-order valence-electron chi connectivity index (χ2n) is 4.91. The molecule has 0 aliphatic carbocycles. The second-order valence-corrected chi connectivity index (χ2v) is 4.91. The van der Waals surface area contributed by atoms with E-state index in [9.17, 15) is 4.79 Å². The summed E-state index contributed by atoms with van der Waals surface area (Å²) >= 11 is 0. The van der Waals surface area contributed by atoms with Gasteiger partial charge >= 0.3 is 0 Å². The molecule has 2 rings (SSSR count). The van der Waals surface area contributed by atoms with Crippen LogP contribution in [-0.2, 0) is 4.79 Å². The maximum Gasteiger partial charge on any atom is 0.226 e. The van der Waals surface area contributed by atoms with Crippen LogP contribution < -0.4 is 14.8 Å². The molecular formula is C15H23ClN2O3. The third-order valence-corrected chi connectivity index (χ3v) is 3.47. The van der Waals surface area contributed by atoms with E-state index in [1.165, 1.54) is 0 Å². The molecule has 1 saturated heterocycles. The smallest absolute Gasteiger partial charge is 0.226 e. The molecule has 1 atom stereocenters. The first-order valence-corrected chi connectivity index (χ1v) is 6.97. The van der Waals surface area contributed by atoms with E-state index in [4.69, 9.17) is 9.47 Å². The Hall–Kier alpha value is -1.46. The highest BCUT2D eigenvalue weighted by Gasteiger charge is 2.22. The zero-order valence-corrected chi connectivity index (χ0v) is 13.3. The summed E-state index contributed by atoms with van der Waals surface area (Å²) in [4.78, 5) is 14.0. The highest BCUT2D eigenvalue weighted by Crippen LogP contribution is 2.17. The average molecular weight is 315 g/mol. The van der Waals surface area contributed by atoms with E-state index in [1.807, 2.05) is 29.2 Å². The fourth-order valence-corrected chi connectivity index (χ4v) is 2.28. The number of methoxy groups -OCH3 is 1. The molecular weight excluding hydrogens is 292 g/mol. The molecule has 1 aromatic rings. The summed E-state index contributed by atoms with van der Waals surface area (Å²) in [6.45, 7) is 4.99. The number of hydrogen-bond donors (Lipinski definition) is 1. The Kier molecular flexibility index (Phi) is 7.32. The second kappa shape index (κ2) is 8.74. The van der Waals surface area contributed by atoms with Crippen LogP contribution in [0.4, 0.5) is 0 Å². The molecule has 0 radical (unpaired) electrons. The quantitative estimate of drug-likeness (QED) is 0.899. The number of hydrogen-bond acceptors (Lipinski definition) is 4. The molecule has 5 nitrogen and oxygen atoms in total. The molecule has 21 heavy (non-hydrogen) atoms. The first kappa shape index (κ1) is 17.6. The van der Waals surface area contributed by atoms with Crippen molar-refractivity contribution in [2.24, 2.45) is 0 Å². The van der Waals surface area contributed by atoms with Gasteiger partial charge in [-0.05, 0) is 31.2 Å². The van der Waals surface area contributed by atoms with Crippen LogP contribution in [-0.4, -0.2) is 50.2 Å². The van der Waals surface area contributed by atoms with Crippen molar-refractivity contribution in [2.75, 3.05) is 33.4 Å². The Bertz CT molecular complexity index is 439. The summed E-state index contributed by atoms with van der Waals surface area (Å²) in [6, 6.07) is 7.63. The molecule has 1 fully saturated rings. The van der Waals surface area contributed by atoms with E-state index in [1.54, 1.807) is 7.11 Å². The van der Waals surface area contributed by atoms with E-state index in [-0.39, 0.29) is 24.4 Å². The minimum atomic E-state index is 0. The molecule has 0 unspecified atom stereocenters. The van der Waals surface area contributed by atoms with Crippen molar-refractivity contribution < 1.29 is 14.3 Å². The van der Waals surface area contributed by atoms with Crippen molar-refractivity contribution in [3.8, 4) is 11.5 Å². The largest absolute Gasteiger partial charge is 0.497 e. The number of carbonyl (C=O) groups is 1. The maximum absolute atomic E-state index is 12.1. The van der Waals surface area contributed by atoms with Crippen LogP contribution in [0, 0.1) is 0 Å². The van der Waals surface area contributed by atoms with Crippen LogP contribution in [0.3, 0.4) is 0 Å². The lowest BCUT2D eigenvalue weighted by Crippen LogP contribution is -2.52. The SMILES string of the molecule is COc1ccc(OCCC(=O)N2CCNC[C@H]2C)cc1.Cl. The van der Waals surface area contributed by atoms with Crippen LogP contribution in [0.2, 0.25) is 0 Å². The molecule has 1 aromatic carbocycles. The predicted octanol–water partition coefficient (Wildman–Crippen LogP) is 1.71. The van der Waals surface area contributed by atoms with E-state index < -0.39 is 0 Å². The summed E-state index contributed by atoms with van der Waals surface area (Å²) < 4.78 is 10.7. The number of ether oxygens (including phenoxy) is 2. The molecule has 6 heteroatoms. The van der Waals surface area contributed by atoms with E-state index in [0.717, 1.165) is 31.1 Å². The average Bonchev–Trinajstić information content (AvgIpc) is 2.48. The highest BCUT2D eigenvalue weighted by atomic mass is 35.5. The Balaban J connectivity index is 0.00000220. The van der Waals surface area contributed by atoms with Gasteiger partial charge in [-0.1, -0.05) is 0 Å². The minimum absolute atomic E-state index is 0. The molecule has 118 valence electrons. The summed E-state index contributed by atoms with van der Waals surface area (Å²) in [5, 5.41) is 3.28. The van der Waals surface area contributed by atoms with Crippen molar-refractivity contribution in [1.82, 2.24) is 10.2 Å². The molecule has 1 N–H and O–H groups in total. The van der Waals surface area contributed by atoms with Crippen LogP contribution in [0.15, 0.2) is 24.3 Å². The Morgan fingerprint density at radius 1 is 1.33 bits per heavy atom. The number of amides is 1. The van der Waals surface area contributed by atoms with Gasteiger partial charge in [0.2, 0.25) is 5.91 Å². The predicted molar refractivity (Wildman–Crippen MR) is 84.4 cm³/mol. The molecule has 0 aromatic heterocycles. The number of carbonyl (C=O) groups excluding carboxylic acids is 1. The third-order valence-electron chi connectivity index (χ3n) is 3.47. The number of nitrogens with one attached hydrogen (secondary N) is 1. The fourth-order valence-electron chi connectivity index (χ4n) is 2.28. The van der Waals surface area contributed by atoms with E-state index >= 15 is 0 Å². The van der Waals surface area contributed by atoms with Crippen molar-refractivity contribution in [3.05, 3.63) is 24.3 Å². The molecule has 1 amide bonds. The Morgan fingerprint density at radius 2 is 2.00 bits per heavy atom. The van der Waals surface area contributed by atoms with Crippen LogP contribution in [0.5, 0.6) is 11.5 Å². The van der Waals surface area contributed by atoms with Crippen molar-refractivity contribution in [1.29, 1.82) is 0 Å². The lowest BCUT2D eigenvalue weighted by Gasteiger charge is -2.34. The van der Waals surface area contributed by atoms with Crippen LogP contribution >= 0.6 is 12.4 Å². The van der Waals surface area contributed by atoms with Gasteiger partial charge in [0.05, 0.1) is 20.1 Å². The maximum atomic E-state index is 12.1. The van der Waals surface area contributed by atoms with Gasteiger partial charge in [0.15, 0.2) is 0 Å². The standard InChI is InChI=1S/C15H22N2O3.ClH/c1-12-11-16-8-9-17(12)15(18)7-10-20-14-5-3-13(19-2)4-6-14;/h3-6,12,16H,7-11H2,1-2H3;1H/t12-;/m1./s1. The molecule has 0 spiro atoms. The fraction of sp³-hybridized carbons (Fsp3) is 0.533. The van der Waals surface area contributed by atoms with Crippen molar-refractivity contribution in [2.45, 2.75) is 19.4 Å².